The second kappa shape index (κ2) is 8.10. The molecule has 1 aromatic carbocycles. The molecule has 2 aliphatic heterocycles. The van der Waals surface area contributed by atoms with Crippen LogP contribution in [-0.4, -0.2) is 40.6 Å². The van der Waals surface area contributed by atoms with Crippen LogP contribution < -0.4 is 10.1 Å². The molecular weight excluding hydrogens is 426 g/mol. The summed E-state index contributed by atoms with van der Waals surface area (Å²) in [5, 5.41) is 3.48. The maximum Gasteiger partial charge on any atom is 0.431 e. The quantitative estimate of drug-likeness (QED) is 0.677. The highest BCUT2D eigenvalue weighted by molar-refractivity contribution is 5.94. The molecule has 176 valence electrons. The van der Waals surface area contributed by atoms with E-state index in [2.05, 4.69) is 5.32 Å². The Labute approximate surface area is 185 Å². The summed E-state index contributed by atoms with van der Waals surface area (Å²) in [7, 11) is 0. The lowest BCUT2D eigenvalue weighted by atomic mass is 9.82. The SMILES string of the molecule is CC1Cn2c(C(F)(F)F)ccc2C2(CCN(C(=O)c3ccc(OC(C)C)c(F)c3)CC2)N1.[HH]. The minimum Gasteiger partial charge on any atom is -0.488 e. The molecule has 1 N–H and O–H groups in total. The van der Waals surface area contributed by atoms with Crippen molar-refractivity contribution in [2.24, 2.45) is 0 Å². The standard InChI is InChI=1S/C23H27F4N3O2.H2/c1-14(2)32-18-5-4-16(12-17(18)24)21(31)29-10-8-22(9-11-29)19-6-7-20(23(25,26)27)30(19)13-15(3)28-22;/h4-7,12,14-15,28H,8-11,13H2,1-3H3;1H. The zero-order valence-corrected chi connectivity index (χ0v) is 18.3. The second-order valence-corrected chi connectivity index (χ2v) is 8.94. The fraction of sp³-hybridized carbons (Fsp3) is 0.522. The Hall–Kier alpha value is -2.55. The Balaban J connectivity index is 0.00000306. The molecule has 4 rings (SSSR count). The predicted octanol–water partition coefficient (Wildman–Crippen LogP) is 4.80. The first-order valence-corrected chi connectivity index (χ1v) is 10.8. The van der Waals surface area contributed by atoms with Gasteiger partial charge in [-0.25, -0.2) is 4.39 Å². The van der Waals surface area contributed by atoms with E-state index >= 15 is 0 Å². The fourth-order valence-corrected chi connectivity index (χ4v) is 4.85. The molecule has 0 aliphatic carbocycles. The molecular formula is C23H29F4N3O2. The summed E-state index contributed by atoms with van der Waals surface area (Å²) in [6.45, 7) is 6.40. The van der Waals surface area contributed by atoms with E-state index in [9.17, 15) is 22.4 Å². The van der Waals surface area contributed by atoms with Gasteiger partial charge in [-0.1, -0.05) is 0 Å². The van der Waals surface area contributed by atoms with Gasteiger partial charge in [0.1, 0.15) is 5.69 Å². The van der Waals surface area contributed by atoms with E-state index in [1.807, 2.05) is 6.92 Å². The first-order valence-electron chi connectivity index (χ1n) is 10.8. The van der Waals surface area contributed by atoms with Gasteiger partial charge in [-0.3, -0.25) is 4.79 Å². The Morgan fingerprint density at radius 2 is 1.91 bits per heavy atom. The zero-order chi connectivity index (χ0) is 23.3. The number of hydrogen-bond acceptors (Lipinski definition) is 3. The number of hydrogen-bond donors (Lipinski definition) is 1. The number of fused-ring (bicyclic) bond motifs is 2. The lowest BCUT2D eigenvalue weighted by Crippen LogP contribution is -2.59. The van der Waals surface area contributed by atoms with Gasteiger partial charge in [-0.2, -0.15) is 13.2 Å². The topological polar surface area (TPSA) is 46.5 Å². The van der Waals surface area contributed by atoms with Gasteiger partial charge in [-0.15, -0.1) is 0 Å². The van der Waals surface area contributed by atoms with Crippen LogP contribution in [0.4, 0.5) is 17.6 Å². The molecule has 2 aromatic rings. The lowest BCUT2D eigenvalue weighted by molar-refractivity contribution is -0.144. The maximum absolute atomic E-state index is 14.3. The predicted molar refractivity (Wildman–Crippen MR) is 113 cm³/mol. The highest BCUT2D eigenvalue weighted by atomic mass is 19.4. The number of benzene rings is 1. The van der Waals surface area contributed by atoms with Gasteiger partial charge in [-0.05, 0) is 63.9 Å². The van der Waals surface area contributed by atoms with Gasteiger partial charge >= 0.3 is 6.18 Å². The maximum atomic E-state index is 14.3. The third-order valence-corrected chi connectivity index (χ3v) is 6.19. The van der Waals surface area contributed by atoms with E-state index in [-0.39, 0.29) is 37.3 Å². The molecule has 0 radical (unpaired) electrons. The Bertz CT molecular complexity index is 1010. The number of alkyl halides is 3. The van der Waals surface area contributed by atoms with Gasteiger partial charge in [0.25, 0.3) is 5.91 Å². The lowest BCUT2D eigenvalue weighted by Gasteiger charge is -2.47. The minimum absolute atomic E-state index is 0. The molecule has 0 bridgehead atoms. The van der Waals surface area contributed by atoms with Crippen LogP contribution in [0.3, 0.4) is 0 Å². The molecule has 1 spiro atoms. The van der Waals surface area contributed by atoms with Crippen LogP contribution in [0, 0.1) is 5.82 Å². The van der Waals surface area contributed by atoms with Gasteiger partial charge in [0.05, 0.1) is 11.6 Å². The first kappa shape index (κ1) is 22.6. The van der Waals surface area contributed by atoms with E-state index in [1.54, 1.807) is 24.8 Å². The molecule has 1 unspecified atom stereocenters. The number of carbonyl (C=O) groups is 1. The molecule has 5 nitrogen and oxygen atoms in total. The van der Waals surface area contributed by atoms with Gasteiger partial charge in [0.2, 0.25) is 0 Å². The van der Waals surface area contributed by atoms with E-state index in [4.69, 9.17) is 4.74 Å². The Morgan fingerprint density at radius 1 is 1.22 bits per heavy atom. The van der Waals surface area contributed by atoms with Gasteiger partial charge < -0.3 is 19.5 Å². The second-order valence-electron chi connectivity index (χ2n) is 8.94. The summed E-state index contributed by atoms with van der Waals surface area (Å²) >= 11 is 0. The van der Waals surface area contributed by atoms with Crippen LogP contribution in [0.25, 0.3) is 0 Å². The number of rotatable bonds is 3. The molecule has 1 aromatic heterocycles. The van der Waals surface area contributed by atoms with Crippen LogP contribution in [0.15, 0.2) is 30.3 Å². The fourth-order valence-electron chi connectivity index (χ4n) is 4.85. The Kier molecular flexibility index (Phi) is 5.73. The van der Waals surface area contributed by atoms with Gasteiger partial charge in [0, 0.05) is 38.4 Å². The van der Waals surface area contributed by atoms with Gasteiger partial charge in [0.15, 0.2) is 11.6 Å². The van der Waals surface area contributed by atoms with E-state index in [0.29, 0.717) is 31.6 Å². The molecule has 9 heteroatoms. The first-order chi connectivity index (χ1) is 15.0. The van der Waals surface area contributed by atoms with Crippen molar-refractivity contribution in [1.29, 1.82) is 0 Å². The van der Waals surface area contributed by atoms with Crippen molar-refractivity contribution >= 4 is 5.91 Å². The zero-order valence-electron chi connectivity index (χ0n) is 18.3. The van der Waals surface area contributed by atoms with Crippen molar-refractivity contribution < 1.29 is 28.5 Å². The monoisotopic (exact) mass is 455 g/mol. The summed E-state index contributed by atoms with van der Waals surface area (Å²) in [6, 6.07) is 6.70. The molecule has 0 saturated carbocycles. The third-order valence-electron chi connectivity index (χ3n) is 6.19. The number of nitrogens with one attached hydrogen (secondary N) is 1. The summed E-state index contributed by atoms with van der Waals surface area (Å²) in [5.41, 5.74) is -0.436. The molecule has 32 heavy (non-hydrogen) atoms. The molecule has 3 heterocycles. The van der Waals surface area contributed by atoms with E-state index in [1.165, 1.54) is 22.8 Å². The van der Waals surface area contributed by atoms with Crippen LogP contribution in [0.1, 0.15) is 56.8 Å². The number of carbonyl (C=O) groups excluding carboxylic acids is 1. The molecule has 1 fully saturated rings. The van der Waals surface area contributed by atoms with E-state index in [0.717, 1.165) is 6.07 Å². The van der Waals surface area contributed by atoms with Crippen LogP contribution >= 0.6 is 0 Å². The third kappa shape index (κ3) is 4.10. The highest BCUT2D eigenvalue weighted by Crippen LogP contribution is 2.41. The number of aromatic nitrogens is 1. The van der Waals surface area contributed by atoms with Crippen molar-refractivity contribution in [2.75, 3.05) is 13.1 Å². The highest BCUT2D eigenvalue weighted by Gasteiger charge is 2.46. The number of likely N-dealkylation sites (tertiary alicyclic amines) is 1. The number of halogens is 4. The number of ether oxygens (including phenoxy) is 1. The van der Waals surface area contributed by atoms with Crippen molar-refractivity contribution in [3.63, 3.8) is 0 Å². The number of piperidine rings is 1. The van der Waals surface area contributed by atoms with E-state index < -0.39 is 23.2 Å². The van der Waals surface area contributed by atoms with Crippen molar-refractivity contribution in [2.45, 2.75) is 64.0 Å². The molecule has 1 amide bonds. The largest absolute Gasteiger partial charge is 0.488 e. The normalized spacial score (nSPS) is 20.5. The Morgan fingerprint density at radius 3 is 2.50 bits per heavy atom. The summed E-state index contributed by atoms with van der Waals surface area (Å²) in [4.78, 5) is 14.6. The summed E-state index contributed by atoms with van der Waals surface area (Å²) in [6.07, 6.45) is -3.66. The summed E-state index contributed by atoms with van der Waals surface area (Å²) in [5.74, 6) is -0.806. The molecule has 2 aliphatic rings. The average Bonchev–Trinajstić information content (AvgIpc) is 3.14. The number of nitrogens with zero attached hydrogens (tertiary/aromatic N) is 2. The minimum atomic E-state index is -4.41. The summed E-state index contributed by atoms with van der Waals surface area (Å²) < 4.78 is 61.4. The average molecular weight is 455 g/mol. The number of amides is 1. The van der Waals surface area contributed by atoms with Crippen LogP contribution in [-0.2, 0) is 18.3 Å². The van der Waals surface area contributed by atoms with Crippen molar-refractivity contribution in [1.82, 2.24) is 14.8 Å². The van der Waals surface area contributed by atoms with Crippen LogP contribution in [0.5, 0.6) is 5.75 Å². The smallest absolute Gasteiger partial charge is 0.431 e. The van der Waals surface area contributed by atoms with Crippen LogP contribution in [0.2, 0.25) is 0 Å². The molecule has 1 atom stereocenters. The van der Waals surface area contributed by atoms with Crippen molar-refractivity contribution in [3.8, 4) is 5.75 Å². The van der Waals surface area contributed by atoms with Crippen molar-refractivity contribution in [3.05, 3.63) is 53.1 Å². The molecule has 1 saturated heterocycles.